The van der Waals surface area contributed by atoms with Crippen molar-refractivity contribution < 1.29 is 32.6 Å². The van der Waals surface area contributed by atoms with Crippen LogP contribution in [-0.2, 0) is 14.3 Å². The van der Waals surface area contributed by atoms with Gasteiger partial charge in [-0.25, -0.2) is 0 Å². The van der Waals surface area contributed by atoms with E-state index in [0.717, 1.165) is 19.3 Å². The molecule has 0 radical (unpaired) electrons. The highest BCUT2D eigenvalue weighted by Gasteiger charge is 2.43. The van der Waals surface area contributed by atoms with Crippen LogP contribution in [0.3, 0.4) is 0 Å². The predicted octanol–water partition coefficient (Wildman–Crippen LogP) is 2.29. The maximum absolute atomic E-state index is 12.9. The fraction of sp³-hybridized carbons (Fsp3) is 0.429. The SMILES string of the molecule is O=C(COC(=O)C1CCC1)Nc1ccc2c(c1)OC(F)(F)O2. The molecule has 1 fully saturated rings. The zero-order valence-corrected chi connectivity index (χ0v) is 11.4. The average Bonchev–Trinajstić information content (AvgIpc) is 2.67. The van der Waals surface area contributed by atoms with Crippen molar-refractivity contribution in [3.63, 3.8) is 0 Å². The van der Waals surface area contributed by atoms with Crippen LogP contribution in [0.5, 0.6) is 11.5 Å². The number of anilines is 1. The molecule has 22 heavy (non-hydrogen) atoms. The highest BCUT2D eigenvalue weighted by molar-refractivity contribution is 5.93. The quantitative estimate of drug-likeness (QED) is 0.863. The van der Waals surface area contributed by atoms with Gasteiger partial charge in [-0.15, -0.1) is 8.78 Å². The summed E-state index contributed by atoms with van der Waals surface area (Å²) in [6.45, 7) is -0.417. The number of rotatable bonds is 4. The normalized spacial score (nSPS) is 18.5. The zero-order valence-electron chi connectivity index (χ0n) is 11.4. The van der Waals surface area contributed by atoms with Gasteiger partial charge in [0.25, 0.3) is 5.91 Å². The van der Waals surface area contributed by atoms with E-state index in [9.17, 15) is 18.4 Å². The summed E-state index contributed by atoms with van der Waals surface area (Å²) >= 11 is 0. The fourth-order valence-corrected chi connectivity index (χ4v) is 2.12. The average molecular weight is 313 g/mol. The zero-order chi connectivity index (χ0) is 15.7. The van der Waals surface area contributed by atoms with Crippen molar-refractivity contribution in [1.82, 2.24) is 0 Å². The highest BCUT2D eigenvalue weighted by Crippen LogP contribution is 2.42. The van der Waals surface area contributed by atoms with E-state index in [-0.39, 0.29) is 29.1 Å². The lowest BCUT2D eigenvalue weighted by molar-refractivity contribution is -0.286. The third-order valence-corrected chi connectivity index (χ3v) is 3.47. The molecule has 0 spiro atoms. The molecular formula is C14H13F2NO5. The first-order valence-corrected chi connectivity index (χ1v) is 6.79. The number of carbonyl (C=O) groups excluding carboxylic acids is 2. The highest BCUT2D eigenvalue weighted by atomic mass is 19.3. The van der Waals surface area contributed by atoms with E-state index >= 15 is 0 Å². The first kappa shape index (κ1) is 14.6. The molecule has 0 saturated heterocycles. The molecule has 1 saturated carbocycles. The number of hydrogen-bond acceptors (Lipinski definition) is 5. The molecule has 8 heteroatoms. The van der Waals surface area contributed by atoms with Crippen LogP contribution in [0.2, 0.25) is 0 Å². The molecular weight excluding hydrogens is 300 g/mol. The second-order valence-corrected chi connectivity index (χ2v) is 5.11. The molecule has 1 aliphatic heterocycles. The molecule has 2 aliphatic rings. The van der Waals surface area contributed by atoms with Crippen LogP contribution >= 0.6 is 0 Å². The van der Waals surface area contributed by atoms with E-state index in [1.54, 1.807) is 0 Å². The van der Waals surface area contributed by atoms with Crippen LogP contribution in [0.25, 0.3) is 0 Å². The molecule has 1 heterocycles. The number of carbonyl (C=O) groups is 2. The van der Waals surface area contributed by atoms with E-state index in [0.29, 0.717) is 0 Å². The molecule has 0 aromatic heterocycles. The van der Waals surface area contributed by atoms with Crippen molar-refractivity contribution in [2.45, 2.75) is 25.6 Å². The van der Waals surface area contributed by atoms with Crippen molar-refractivity contribution in [2.75, 3.05) is 11.9 Å². The molecule has 0 bridgehead atoms. The van der Waals surface area contributed by atoms with E-state index in [2.05, 4.69) is 14.8 Å². The van der Waals surface area contributed by atoms with Gasteiger partial charge in [0.05, 0.1) is 5.92 Å². The summed E-state index contributed by atoms with van der Waals surface area (Å²) in [7, 11) is 0. The molecule has 0 atom stereocenters. The third-order valence-electron chi connectivity index (χ3n) is 3.47. The monoisotopic (exact) mass is 313 g/mol. The predicted molar refractivity (Wildman–Crippen MR) is 69.6 cm³/mol. The second kappa shape index (κ2) is 5.43. The van der Waals surface area contributed by atoms with Crippen LogP contribution < -0.4 is 14.8 Å². The number of esters is 1. The van der Waals surface area contributed by atoms with Gasteiger partial charge in [-0.3, -0.25) is 9.59 Å². The smallest absolute Gasteiger partial charge is 0.455 e. The molecule has 118 valence electrons. The summed E-state index contributed by atoms with van der Waals surface area (Å²) in [5.74, 6) is -1.33. The van der Waals surface area contributed by atoms with Crippen LogP contribution in [-0.4, -0.2) is 24.8 Å². The largest absolute Gasteiger partial charge is 0.586 e. The van der Waals surface area contributed by atoms with Gasteiger partial charge < -0.3 is 19.5 Å². The minimum absolute atomic E-state index is 0.111. The molecule has 3 rings (SSSR count). The lowest BCUT2D eigenvalue weighted by atomic mass is 9.86. The summed E-state index contributed by atoms with van der Waals surface area (Å²) < 4.78 is 39.1. The summed E-state index contributed by atoms with van der Waals surface area (Å²) in [6, 6.07) is 3.85. The number of benzene rings is 1. The van der Waals surface area contributed by atoms with Crippen molar-refractivity contribution in [3.05, 3.63) is 18.2 Å². The Hall–Kier alpha value is -2.38. The number of alkyl halides is 2. The maximum Gasteiger partial charge on any atom is 0.586 e. The van der Waals surface area contributed by atoms with E-state index < -0.39 is 18.8 Å². The van der Waals surface area contributed by atoms with Gasteiger partial charge in [-0.05, 0) is 25.0 Å². The Morgan fingerprint density at radius 1 is 1.27 bits per heavy atom. The van der Waals surface area contributed by atoms with Crippen LogP contribution in [0.15, 0.2) is 18.2 Å². The van der Waals surface area contributed by atoms with Gasteiger partial charge in [0.2, 0.25) is 0 Å². The van der Waals surface area contributed by atoms with Crippen molar-refractivity contribution >= 4 is 17.6 Å². The van der Waals surface area contributed by atoms with Crippen LogP contribution in [0, 0.1) is 5.92 Å². The molecule has 1 aliphatic carbocycles. The van der Waals surface area contributed by atoms with Crippen LogP contribution in [0.4, 0.5) is 14.5 Å². The standard InChI is InChI=1S/C14H13F2NO5/c15-14(16)21-10-5-4-9(6-11(10)22-14)17-12(18)7-20-13(19)8-2-1-3-8/h4-6,8H,1-3,7H2,(H,17,18). The molecule has 1 N–H and O–H groups in total. The molecule has 1 amide bonds. The van der Waals surface area contributed by atoms with E-state index in [4.69, 9.17) is 4.74 Å². The Morgan fingerprint density at radius 2 is 2.00 bits per heavy atom. The van der Waals surface area contributed by atoms with E-state index in [1.807, 2.05) is 0 Å². The number of nitrogens with one attached hydrogen (secondary N) is 1. The Bertz CT molecular complexity index is 615. The first-order chi connectivity index (χ1) is 10.4. The topological polar surface area (TPSA) is 73.9 Å². The fourth-order valence-electron chi connectivity index (χ4n) is 2.12. The molecule has 1 aromatic carbocycles. The third kappa shape index (κ3) is 3.10. The van der Waals surface area contributed by atoms with Gasteiger partial charge in [-0.2, -0.15) is 0 Å². The van der Waals surface area contributed by atoms with Crippen molar-refractivity contribution in [1.29, 1.82) is 0 Å². The van der Waals surface area contributed by atoms with Crippen molar-refractivity contribution in [2.24, 2.45) is 5.92 Å². The van der Waals surface area contributed by atoms with Gasteiger partial charge in [-0.1, -0.05) is 6.42 Å². The van der Waals surface area contributed by atoms with Gasteiger partial charge >= 0.3 is 12.3 Å². The lowest BCUT2D eigenvalue weighted by Crippen LogP contribution is -2.28. The molecule has 0 unspecified atom stereocenters. The van der Waals surface area contributed by atoms with Crippen LogP contribution in [0.1, 0.15) is 19.3 Å². The Morgan fingerprint density at radius 3 is 2.68 bits per heavy atom. The number of ether oxygens (including phenoxy) is 3. The number of halogens is 2. The summed E-state index contributed by atoms with van der Waals surface area (Å²) in [4.78, 5) is 23.1. The van der Waals surface area contributed by atoms with Crippen molar-refractivity contribution in [3.8, 4) is 11.5 Å². The van der Waals surface area contributed by atoms with E-state index in [1.165, 1.54) is 18.2 Å². The number of amides is 1. The minimum Gasteiger partial charge on any atom is -0.455 e. The number of hydrogen-bond donors (Lipinski definition) is 1. The Kier molecular flexibility index (Phi) is 3.59. The number of fused-ring (bicyclic) bond motifs is 1. The molecule has 6 nitrogen and oxygen atoms in total. The second-order valence-electron chi connectivity index (χ2n) is 5.11. The Balaban J connectivity index is 1.53. The molecule has 1 aromatic rings. The Labute approximate surface area is 124 Å². The van der Waals surface area contributed by atoms with Gasteiger partial charge in [0.15, 0.2) is 18.1 Å². The van der Waals surface area contributed by atoms with Gasteiger partial charge in [0.1, 0.15) is 0 Å². The van der Waals surface area contributed by atoms with Gasteiger partial charge in [0, 0.05) is 11.8 Å². The summed E-state index contributed by atoms with van der Waals surface area (Å²) in [6.07, 6.45) is -1.13. The maximum atomic E-state index is 12.9. The minimum atomic E-state index is -3.71. The first-order valence-electron chi connectivity index (χ1n) is 6.79. The lowest BCUT2D eigenvalue weighted by Gasteiger charge is -2.22. The summed E-state index contributed by atoms with van der Waals surface area (Å²) in [5.41, 5.74) is 0.241. The summed E-state index contributed by atoms with van der Waals surface area (Å²) in [5, 5.41) is 2.43.